The number of carbonyl (C=O) groups excluding carboxylic acids is 1. The third kappa shape index (κ3) is 1.24. The van der Waals surface area contributed by atoms with Crippen molar-refractivity contribution in [3.8, 4) is 0 Å². The van der Waals surface area contributed by atoms with Gasteiger partial charge in [-0.05, 0) is 31.0 Å². The highest BCUT2D eigenvalue weighted by molar-refractivity contribution is 5.85. The van der Waals surface area contributed by atoms with Crippen LogP contribution in [-0.4, -0.2) is 6.29 Å². The van der Waals surface area contributed by atoms with E-state index in [1.165, 1.54) is 0 Å². The van der Waals surface area contributed by atoms with Crippen LogP contribution >= 0.6 is 0 Å². The molecule has 0 heterocycles. The summed E-state index contributed by atoms with van der Waals surface area (Å²) >= 11 is 0. The number of carbonyl (C=O) groups is 1. The highest BCUT2D eigenvalue weighted by Crippen LogP contribution is 2.17. The maximum atomic E-state index is 10.5. The number of nitrogen functional groups attached to an aromatic ring is 1. The second-order valence-electron chi connectivity index (χ2n) is 2.63. The summed E-state index contributed by atoms with van der Waals surface area (Å²) in [5, 5.41) is 0. The largest absolute Gasteiger partial charge is 0.398 e. The minimum Gasteiger partial charge on any atom is -0.398 e. The lowest BCUT2D eigenvalue weighted by Crippen LogP contribution is -1.97. The molecule has 0 aliphatic rings. The summed E-state index contributed by atoms with van der Waals surface area (Å²) in [4.78, 5) is 10.5. The molecule has 0 aliphatic carbocycles. The summed E-state index contributed by atoms with van der Waals surface area (Å²) in [7, 11) is 0. The highest BCUT2D eigenvalue weighted by Gasteiger charge is 2.02. The summed E-state index contributed by atoms with van der Waals surface area (Å²) in [5.41, 5.74) is 8.81. The fraction of sp³-hybridized carbons (Fsp3) is 0.222. The minimum absolute atomic E-state index is 0.558. The second-order valence-corrected chi connectivity index (χ2v) is 2.63. The van der Waals surface area contributed by atoms with Gasteiger partial charge in [0.15, 0.2) is 6.29 Å². The minimum atomic E-state index is 0.558. The molecule has 0 aromatic heterocycles. The van der Waals surface area contributed by atoms with Crippen molar-refractivity contribution in [1.82, 2.24) is 0 Å². The molecule has 2 heteroatoms. The zero-order valence-electron chi connectivity index (χ0n) is 6.72. The normalized spacial score (nSPS) is 9.64. The van der Waals surface area contributed by atoms with E-state index in [9.17, 15) is 4.79 Å². The fourth-order valence-corrected chi connectivity index (χ4v) is 1.01. The van der Waals surface area contributed by atoms with E-state index in [2.05, 4.69) is 0 Å². The van der Waals surface area contributed by atoms with Gasteiger partial charge in [0.1, 0.15) is 0 Å². The third-order valence-corrected chi connectivity index (χ3v) is 1.94. The van der Waals surface area contributed by atoms with Gasteiger partial charge in [0.05, 0.1) is 0 Å². The fourth-order valence-electron chi connectivity index (χ4n) is 1.01. The first-order valence-corrected chi connectivity index (χ1v) is 3.47. The van der Waals surface area contributed by atoms with Gasteiger partial charge >= 0.3 is 0 Å². The van der Waals surface area contributed by atoms with Crippen LogP contribution in [0, 0.1) is 13.8 Å². The number of rotatable bonds is 1. The van der Waals surface area contributed by atoms with E-state index in [4.69, 9.17) is 5.73 Å². The van der Waals surface area contributed by atoms with Crippen molar-refractivity contribution in [2.75, 3.05) is 5.73 Å². The molecule has 0 radical (unpaired) electrons. The molecular formula is C9H11NO. The average Bonchev–Trinajstić information content (AvgIpc) is 1.99. The number of hydrogen-bond donors (Lipinski definition) is 1. The molecule has 0 unspecified atom stereocenters. The lowest BCUT2D eigenvalue weighted by Gasteiger charge is -2.04. The first kappa shape index (κ1) is 7.79. The number of aryl methyl sites for hydroxylation is 1. The van der Waals surface area contributed by atoms with Crippen molar-refractivity contribution in [3.63, 3.8) is 0 Å². The Morgan fingerprint density at radius 2 is 2.00 bits per heavy atom. The molecule has 1 aromatic carbocycles. The number of aldehydes is 1. The molecule has 11 heavy (non-hydrogen) atoms. The average molecular weight is 149 g/mol. The number of anilines is 1. The number of benzene rings is 1. The maximum Gasteiger partial charge on any atom is 0.152 e. The molecule has 1 aromatic rings. The molecule has 0 bridgehead atoms. The van der Waals surface area contributed by atoms with Crippen LogP contribution in [0.25, 0.3) is 0 Å². The molecule has 2 nitrogen and oxygen atoms in total. The quantitative estimate of drug-likeness (QED) is 0.487. The van der Waals surface area contributed by atoms with E-state index in [0.717, 1.165) is 17.4 Å². The summed E-state index contributed by atoms with van der Waals surface area (Å²) < 4.78 is 0. The van der Waals surface area contributed by atoms with Crippen molar-refractivity contribution < 1.29 is 4.79 Å². The molecule has 0 aliphatic heterocycles. The smallest absolute Gasteiger partial charge is 0.152 e. The van der Waals surface area contributed by atoms with Gasteiger partial charge in [-0.25, -0.2) is 0 Å². The van der Waals surface area contributed by atoms with Crippen LogP contribution in [0.4, 0.5) is 5.69 Å². The Labute approximate surface area is 66.0 Å². The van der Waals surface area contributed by atoms with Crippen LogP contribution in [0.1, 0.15) is 21.5 Å². The summed E-state index contributed by atoms with van der Waals surface area (Å²) in [6.07, 6.45) is 0.803. The van der Waals surface area contributed by atoms with E-state index in [-0.39, 0.29) is 0 Å². The second kappa shape index (κ2) is 2.74. The van der Waals surface area contributed by atoms with Gasteiger partial charge in [-0.3, -0.25) is 4.79 Å². The first-order chi connectivity index (χ1) is 5.16. The zero-order chi connectivity index (χ0) is 8.43. The van der Waals surface area contributed by atoms with Gasteiger partial charge in [0, 0.05) is 11.3 Å². The Morgan fingerprint density at radius 1 is 1.36 bits per heavy atom. The highest BCUT2D eigenvalue weighted by atomic mass is 16.1. The molecule has 1 rings (SSSR count). The molecular weight excluding hydrogens is 138 g/mol. The first-order valence-electron chi connectivity index (χ1n) is 3.47. The molecule has 58 valence electrons. The van der Waals surface area contributed by atoms with Crippen LogP contribution in [0.2, 0.25) is 0 Å². The standard InChI is InChI=1S/C9H11NO/c1-6-3-4-9(10)8(5-11)7(6)2/h3-5H,10H2,1-2H3. The molecule has 0 saturated carbocycles. The van der Waals surface area contributed by atoms with Crippen LogP contribution in [-0.2, 0) is 0 Å². The van der Waals surface area contributed by atoms with E-state index < -0.39 is 0 Å². The van der Waals surface area contributed by atoms with Crippen LogP contribution in [0.15, 0.2) is 12.1 Å². The predicted octanol–water partition coefficient (Wildman–Crippen LogP) is 1.70. The molecule has 0 spiro atoms. The van der Waals surface area contributed by atoms with Gasteiger partial charge in [0.25, 0.3) is 0 Å². The molecule has 0 atom stereocenters. The summed E-state index contributed by atoms with van der Waals surface area (Å²) in [5.74, 6) is 0. The Hall–Kier alpha value is -1.31. The van der Waals surface area contributed by atoms with Crippen molar-refractivity contribution in [2.45, 2.75) is 13.8 Å². The lowest BCUT2D eigenvalue weighted by molar-refractivity contribution is 0.112. The monoisotopic (exact) mass is 149 g/mol. The van der Waals surface area contributed by atoms with Crippen LogP contribution in [0.3, 0.4) is 0 Å². The zero-order valence-corrected chi connectivity index (χ0v) is 6.72. The Kier molecular flexibility index (Phi) is 1.94. The number of nitrogens with two attached hydrogens (primary N) is 1. The van der Waals surface area contributed by atoms with Crippen molar-refractivity contribution in [3.05, 3.63) is 28.8 Å². The predicted molar refractivity (Wildman–Crippen MR) is 45.7 cm³/mol. The van der Waals surface area contributed by atoms with Crippen LogP contribution < -0.4 is 5.73 Å². The summed E-state index contributed by atoms with van der Waals surface area (Å²) in [6, 6.07) is 3.67. The topological polar surface area (TPSA) is 43.1 Å². The van der Waals surface area contributed by atoms with Crippen molar-refractivity contribution in [1.29, 1.82) is 0 Å². The van der Waals surface area contributed by atoms with Gasteiger partial charge in [-0.1, -0.05) is 6.07 Å². The van der Waals surface area contributed by atoms with Gasteiger partial charge < -0.3 is 5.73 Å². The molecule has 0 amide bonds. The van der Waals surface area contributed by atoms with Gasteiger partial charge in [0.2, 0.25) is 0 Å². The van der Waals surface area contributed by atoms with Gasteiger partial charge in [-0.2, -0.15) is 0 Å². The third-order valence-electron chi connectivity index (χ3n) is 1.94. The van der Waals surface area contributed by atoms with Gasteiger partial charge in [-0.15, -0.1) is 0 Å². The van der Waals surface area contributed by atoms with Crippen molar-refractivity contribution in [2.24, 2.45) is 0 Å². The Bertz CT molecular complexity index is 292. The molecule has 2 N–H and O–H groups in total. The number of hydrogen-bond acceptors (Lipinski definition) is 2. The maximum absolute atomic E-state index is 10.5. The van der Waals surface area contributed by atoms with Crippen molar-refractivity contribution >= 4 is 12.0 Å². The SMILES string of the molecule is Cc1ccc(N)c(C=O)c1C. The van der Waals surface area contributed by atoms with E-state index >= 15 is 0 Å². The van der Waals surface area contributed by atoms with Crippen LogP contribution in [0.5, 0.6) is 0 Å². The molecule has 0 fully saturated rings. The molecule has 0 saturated heterocycles. The Morgan fingerprint density at radius 3 is 2.45 bits per heavy atom. The van der Waals surface area contributed by atoms with E-state index in [0.29, 0.717) is 11.3 Å². The lowest BCUT2D eigenvalue weighted by atomic mass is 10.0. The summed E-state index contributed by atoms with van der Waals surface area (Å²) in [6.45, 7) is 3.86. The van der Waals surface area contributed by atoms with E-state index in [1.807, 2.05) is 19.9 Å². The van der Waals surface area contributed by atoms with E-state index in [1.54, 1.807) is 6.07 Å². The Balaban J connectivity index is 3.40.